The number of nitrogens with zero attached hydrogens (tertiary/aromatic N) is 2. The van der Waals surface area contributed by atoms with Crippen molar-refractivity contribution < 1.29 is 19.1 Å². The number of aromatic nitrogens is 2. The quantitative estimate of drug-likeness (QED) is 0.163. The molecule has 4 rings (SSSR count). The molecule has 3 aromatic carbocycles. The average Bonchev–Trinajstić information content (AvgIpc) is 3.37. The molecule has 0 radical (unpaired) electrons. The van der Waals surface area contributed by atoms with E-state index in [2.05, 4.69) is 26.1 Å². The van der Waals surface area contributed by atoms with E-state index in [4.69, 9.17) is 4.74 Å². The SMILES string of the molecule is CCOc1ccccc1/C=C(/NC(=O)c1ccccc1)C(=O)Nc1cccc(SCC(=O)Nc2nnc(C)s2)c1. The fraction of sp³-hybridized carbons (Fsp3) is 0.138. The fourth-order valence-electron chi connectivity index (χ4n) is 3.50. The molecule has 0 bridgehead atoms. The van der Waals surface area contributed by atoms with Crippen molar-refractivity contribution in [3.63, 3.8) is 0 Å². The van der Waals surface area contributed by atoms with Gasteiger partial charge in [0.1, 0.15) is 16.5 Å². The lowest BCUT2D eigenvalue weighted by molar-refractivity contribution is -0.114. The summed E-state index contributed by atoms with van der Waals surface area (Å²) in [5.41, 5.74) is 1.61. The predicted molar refractivity (Wildman–Crippen MR) is 159 cm³/mol. The molecule has 0 unspecified atom stereocenters. The third-order valence-corrected chi connectivity index (χ3v) is 7.03. The number of benzene rings is 3. The normalized spacial score (nSPS) is 11.0. The molecule has 0 aliphatic rings. The van der Waals surface area contributed by atoms with Crippen LogP contribution in [0.5, 0.6) is 5.75 Å². The zero-order valence-corrected chi connectivity index (χ0v) is 23.5. The van der Waals surface area contributed by atoms with Crippen LogP contribution >= 0.6 is 23.1 Å². The van der Waals surface area contributed by atoms with Crippen molar-refractivity contribution in [2.24, 2.45) is 0 Å². The lowest BCUT2D eigenvalue weighted by Gasteiger charge is -2.13. The van der Waals surface area contributed by atoms with Crippen molar-refractivity contribution in [1.82, 2.24) is 15.5 Å². The van der Waals surface area contributed by atoms with E-state index in [-0.39, 0.29) is 17.4 Å². The van der Waals surface area contributed by atoms with Gasteiger partial charge in [-0.15, -0.1) is 22.0 Å². The molecule has 0 fully saturated rings. The van der Waals surface area contributed by atoms with Gasteiger partial charge in [0.2, 0.25) is 11.0 Å². The van der Waals surface area contributed by atoms with Crippen LogP contribution in [0.4, 0.5) is 10.8 Å². The number of ether oxygens (including phenoxy) is 1. The van der Waals surface area contributed by atoms with E-state index in [1.165, 1.54) is 23.1 Å². The molecule has 0 saturated carbocycles. The minimum atomic E-state index is -0.512. The first-order chi connectivity index (χ1) is 19.4. The van der Waals surface area contributed by atoms with E-state index in [1.54, 1.807) is 60.7 Å². The number of hydrogen-bond acceptors (Lipinski definition) is 8. The second-order valence-corrected chi connectivity index (χ2v) is 10.5. The topological polar surface area (TPSA) is 122 Å². The average molecular weight is 574 g/mol. The molecule has 0 aliphatic heterocycles. The Bertz CT molecular complexity index is 1520. The Morgan fingerprint density at radius 3 is 2.48 bits per heavy atom. The van der Waals surface area contributed by atoms with Crippen LogP contribution in [0.3, 0.4) is 0 Å². The fourth-order valence-corrected chi connectivity index (χ4v) is 4.86. The van der Waals surface area contributed by atoms with E-state index in [0.29, 0.717) is 34.3 Å². The second-order valence-electron chi connectivity index (χ2n) is 8.29. The van der Waals surface area contributed by atoms with Gasteiger partial charge in [0.25, 0.3) is 11.8 Å². The van der Waals surface area contributed by atoms with Crippen LogP contribution in [0.15, 0.2) is 89.5 Å². The Morgan fingerprint density at radius 1 is 0.950 bits per heavy atom. The molecule has 0 atom stereocenters. The van der Waals surface area contributed by atoms with E-state index < -0.39 is 11.8 Å². The number of carbonyl (C=O) groups excluding carboxylic acids is 3. The van der Waals surface area contributed by atoms with Crippen molar-refractivity contribution in [1.29, 1.82) is 0 Å². The standard InChI is InChI=1S/C29H27N5O4S2/c1-3-38-25-15-8-7-12-21(25)16-24(31-27(36)20-10-5-4-6-11-20)28(37)30-22-13-9-14-23(17-22)39-18-26(35)32-29-34-33-19(2)40-29/h4-17H,3,18H2,1-2H3,(H,30,37)(H,31,36)(H,32,34,35)/b24-16+. The Morgan fingerprint density at radius 2 is 1.73 bits per heavy atom. The van der Waals surface area contributed by atoms with Gasteiger partial charge in [0.15, 0.2) is 0 Å². The van der Waals surface area contributed by atoms with Crippen LogP contribution in [-0.2, 0) is 9.59 Å². The van der Waals surface area contributed by atoms with Crippen LogP contribution in [0.2, 0.25) is 0 Å². The highest BCUT2D eigenvalue weighted by Crippen LogP contribution is 2.24. The summed E-state index contributed by atoms with van der Waals surface area (Å²) in [6.45, 7) is 4.13. The van der Waals surface area contributed by atoms with Gasteiger partial charge in [-0.2, -0.15) is 0 Å². The van der Waals surface area contributed by atoms with Crippen molar-refractivity contribution in [2.75, 3.05) is 23.0 Å². The highest BCUT2D eigenvalue weighted by molar-refractivity contribution is 8.00. The van der Waals surface area contributed by atoms with E-state index in [0.717, 1.165) is 9.90 Å². The second kappa shape index (κ2) is 14.1. The molecule has 11 heteroatoms. The lowest BCUT2D eigenvalue weighted by atomic mass is 10.1. The molecular formula is C29H27N5O4S2. The van der Waals surface area contributed by atoms with Gasteiger partial charge >= 0.3 is 0 Å². The van der Waals surface area contributed by atoms with Crippen LogP contribution in [0.25, 0.3) is 6.08 Å². The van der Waals surface area contributed by atoms with Crippen LogP contribution in [0, 0.1) is 6.92 Å². The zero-order chi connectivity index (χ0) is 28.3. The Hall–Kier alpha value is -4.48. The van der Waals surface area contributed by atoms with Crippen molar-refractivity contribution in [3.8, 4) is 5.75 Å². The number of rotatable bonds is 11. The highest BCUT2D eigenvalue weighted by Gasteiger charge is 2.16. The van der Waals surface area contributed by atoms with Gasteiger partial charge in [-0.05, 0) is 56.3 Å². The zero-order valence-electron chi connectivity index (χ0n) is 21.8. The number of anilines is 2. The number of hydrogen-bond donors (Lipinski definition) is 3. The van der Waals surface area contributed by atoms with Gasteiger partial charge < -0.3 is 15.4 Å². The molecular weight excluding hydrogens is 546 g/mol. The van der Waals surface area contributed by atoms with Gasteiger partial charge in [-0.3, -0.25) is 19.7 Å². The van der Waals surface area contributed by atoms with Crippen molar-refractivity contribution in [3.05, 3.63) is 101 Å². The lowest BCUT2D eigenvalue weighted by Crippen LogP contribution is -2.30. The highest BCUT2D eigenvalue weighted by atomic mass is 32.2. The number of amides is 3. The summed E-state index contributed by atoms with van der Waals surface area (Å²) >= 11 is 2.62. The summed E-state index contributed by atoms with van der Waals surface area (Å²) < 4.78 is 5.69. The maximum absolute atomic E-state index is 13.4. The third-order valence-electron chi connectivity index (χ3n) is 5.28. The van der Waals surface area contributed by atoms with E-state index in [1.807, 2.05) is 38.1 Å². The molecule has 40 heavy (non-hydrogen) atoms. The maximum Gasteiger partial charge on any atom is 0.272 e. The van der Waals surface area contributed by atoms with Crippen LogP contribution in [-0.4, -0.2) is 40.3 Å². The first-order valence-electron chi connectivity index (χ1n) is 12.4. The first kappa shape index (κ1) is 28.5. The molecule has 204 valence electrons. The number of aryl methyl sites for hydroxylation is 1. The summed E-state index contributed by atoms with van der Waals surface area (Å²) in [6.07, 6.45) is 1.58. The molecule has 3 amide bonds. The molecule has 0 saturated heterocycles. The molecule has 4 aromatic rings. The Labute approximate surface area is 240 Å². The minimum Gasteiger partial charge on any atom is -0.493 e. The van der Waals surface area contributed by atoms with Crippen LogP contribution < -0.4 is 20.7 Å². The first-order valence-corrected chi connectivity index (χ1v) is 14.2. The smallest absolute Gasteiger partial charge is 0.272 e. The van der Waals surface area contributed by atoms with Crippen LogP contribution in [0.1, 0.15) is 27.9 Å². The summed E-state index contributed by atoms with van der Waals surface area (Å²) in [4.78, 5) is 39.4. The summed E-state index contributed by atoms with van der Waals surface area (Å²) in [5, 5.41) is 17.3. The Kier molecular flexibility index (Phi) is 10.0. The molecule has 1 heterocycles. The minimum absolute atomic E-state index is 0.0470. The Balaban J connectivity index is 1.49. The van der Waals surface area contributed by atoms with Crippen molar-refractivity contribution >= 4 is 57.7 Å². The van der Waals surface area contributed by atoms with Crippen molar-refractivity contribution in [2.45, 2.75) is 18.7 Å². The van der Waals surface area contributed by atoms with Gasteiger partial charge in [0.05, 0.1) is 12.4 Å². The number of nitrogens with one attached hydrogen (secondary N) is 3. The molecule has 3 N–H and O–H groups in total. The molecule has 9 nitrogen and oxygen atoms in total. The summed E-state index contributed by atoms with van der Waals surface area (Å²) in [6, 6.07) is 23.0. The van der Waals surface area contributed by atoms with E-state index >= 15 is 0 Å². The number of carbonyl (C=O) groups is 3. The van der Waals surface area contributed by atoms with Gasteiger partial charge in [0, 0.05) is 21.7 Å². The number of thioether (sulfide) groups is 1. The largest absolute Gasteiger partial charge is 0.493 e. The molecule has 0 spiro atoms. The summed E-state index contributed by atoms with van der Waals surface area (Å²) in [7, 11) is 0. The predicted octanol–water partition coefficient (Wildman–Crippen LogP) is 5.39. The summed E-state index contributed by atoms with van der Waals surface area (Å²) in [5.74, 6) is -0.399. The maximum atomic E-state index is 13.4. The molecule has 1 aromatic heterocycles. The van der Waals surface area contributed by atoms with Gasteiger partial charge in [-0.25, -0.2) is 0 Å². The molecule has 0 aliphatic carbocycles. The third kappa shape index (κ3) is 8.26. The monoisotopic (exact) mass is 573 g/mol. The number of para-hydroxylation sites is 1. The van der Waals surface area contributed by atoms with E-state index in [9.17, 15) is 14.4 Å². The van der Waals surface area contributed by atoms with Gasteiger partial charge in [-0.1, -0.05) is 53.8 Å².